The minimum atomic E-state index is -0.186. The van der Waals surface area contributed by atoms with Gasteiger partial charge in [-0.1, -0.05) is 71.1 Å². The van der Waals surface area contributed by atoms with E-state index in [1.165, 1.54) is 51.4 Å². The van der Waals surface area contributed by atoms with Gasteiger partial charge in [0.15, 0.2) is 0 Å². The van der Waals surface area contributed by atoms with Crippen LogP contribution < -0.4 is 0 Å². The van der Waals surface area contributed by atoms with Crippen LogP contribution in [-0.4, -0.2) is 24.3 Å². The van der Waals surface area contributed by atoms with Crippen molar-refractivity contribution in [3.05, 3.63) is 0 Å². The molecule has 138 valence electrons. The Hall–Kier alpha value is -1.01. The minimum absolute atomic E-state index is 0.102. The van der Waals surface area contributed by atoms with Crippen molar-refractivity contribution in [3.63, 3.8) is 0 Å². The van der Waals surface area contributed by atoms with Crippen LogP contribution >= 0.6 is 0 Å². The molecular weight excluding hydrogens is 300 g/mol. The topological polar surface area (TPSA) is 35.5 Å². The third-order valence-corrected chi connectivity index (χ3v) is 4.75. The fourth-order valence-corrected chi connectivity index (χ4v) is 3.25. The molecular formula is C21H36O3. The van der Waals surface area contributed by atoms with Crippen LogP contribution in [0.3, 0.4) is 0 Å². The number of carbonyl (C=O) groups excluding carboxylic acids is 1. The molecule has 0 bridgehead atoms. The number of carbonyl (C=O) groups is 1. The van der Waals surface area contributed by atoms with Crippen LogP contribution in [0.1, 0.15) is 97.3 Å². The maximum atomic E-state index is 11.6. The molecule has 0 amide bonds. The van der Waals surface area contributed by atoms with E-state index < -0.39 is 0 Å². The van der Waals surface area contributed by atoms with Crippen LogP contribution in [0.25, 0.3) is 0 Å². The summed E-state index contributed by atoms with van der Waals surface area (Å²) in [6.07, 6.45) is 19.5. The number of cyclic esters (lactones) is 1. The molecule has 1 heterocycles. The third kappa shape index (κ3) is 8.73. The van der Waals surface area contributed by atoms with Gasteiger partial charge in [0, 0.05) is 0 Å². The molecule has 1 aliphatic heterocycles. The molecule has 0 aliphatic carbocycles. The lowest BCUT2D eigenvalue weighted by Crippen LogP contribution is -2.29. The molecule has 1 fully saturated rings. The van der Waals surface area contributed by atoms with Gasteiger partial charge >= 0.3 is 5.97 Å². The van der Waals surface area contributed by atoms with Crippen LogP contribution in [0.5, 0.6) is 0 Å². The summed E-state index contributed by atoms with van der Waals surface area (Å²) < 4.78 is 11.5. The molecule has 0 spiro atoms. The van der Waals surface area contributed by atoms with Crippen LogP contribution in [0, 0.1) is 12.3 Å². The predicted octanol–water partition coefficient (Wildman–Crippen LogP) is 5.41. The van der Waals surface area contributed by atoms with Crippen molar-refractivity contribution in [1.29, 1.82) is 0 Å². The Morgan fingerprint density at radius 1 is 1.08 bits per heavy atom. The third-order valence-electron chi connectivity index (χ3n) is 4.75. The first kappa shape index (κ1) is 21.0. The zero-order chi connectivity index (χ0) is 17.6. The summed E-state index contributed by atoms with van der Waals surface area (Å²) in [4.78, 5) is 11.6. The van der Waals surface area contributed by atoms with Gasteiger partial charge in [-0.25, -0.2) is 0 Å². The fourth-order valence-electron chi connectivity index (χ4n) is 3.25. The summed E-state index contributed by atoms with van der Waals surface area (Å²) >= 11 is 0. The highest BCUT2D eigenvalue weighted by atomic mass is 16.6. The van der Waals surface area contributed by atoms with E-state index in [0.717, 1.165) is 25.7 Å². The van der Waals surface area contributed by atoms with Gasteiger partial charge in [0.25, 0.3) is 0 Å². The Labute approximate surface area is 148 Å². The molecule has 0 saturated carbocycles. The Morgan fingerprint density at radius 3 is 2.33 bits per heavy atom. The van der Waals surface area contributed by atoms with Gasteiger partial charge in [0.1, 0.15) is 18.3 Å². The largest absolute Gasteiger partial charge is 0.460 e. The van der Waals surface area contributed by atoms with E-state index in [9.17, 15) is 4.79 Å². The van der Waals surface area contributed by atoms with Crippen molar-refractivity contribution in [2.45, 2.75) is 116 Å². The summed E-state index contributed by atoms with van der Waals surface area (Å²) in [6.45, 7) is 4.43. The molecule has 24 heavy (non-hydrogen) atoms. The smallest absolute Gasteiger partial charge is 0.308 e. The Balaban J connectivity index is 2.30. The summed E-state index contributed by atoms with van der Waals surface area (Å²) in [5.74, 6) is 2.61. The summed E-state index contributed by atoms with van der Waals surface area (Å²) in [6, 6.07) is 0. The Morgan fingerprint density at radius 2 is 1.71 bits per heavy atom. The molecule has 0 aromatic carbocycles. The highest BCUT2D eigenvalue weighted by Crippen LogP contribution is 2.25. The van der Waals surface area contributed by atoms with Crippen molar-refractivity contribution < 1.29 is 14.3 Å². The zero-order valence-corrected chi connectivity index (χ0v) is 15.7. The molecule has 0 N–H and O–H groups in total. The van der Waals surface area contributed by atoms with Crippen LogP contribution in [-0.2, 0) is 14.3 Å². The molecule has 1 unspecified atom stereocenters. The van der Waals surface area contributed by atoms with Crippen molar-refractivity contribution in [2.24, 2.45) is 0 Å². The lowest BCUT2D eigenvalue weighted by molar-refractivity contribution is -0.142. The molecule has 3 heteroatoms. The van der Waals surface area contributed by atoms with Gasteiger partial charge < -0.3 is 9.47 Å². The van der Waals surface area contributed by atoms with E-state index in [0.29, 0.717) is 6.42 Å². The molecule has 3 atom stereocenters. The van der Waals surface area contributed by atoms with Gasteiger partial charge in [0.2, 0.25) is 0 Å². The van der Waals surface area contributed by atoms with E-state index in [1.54, 1.807) is 0 Å². The van der Waals surface area contributed by atoms with Crippen LogP contribution in [0.2, 0.25) is 0 Å². The number of hydrogen-bond acceptors (Lipinski definition) is 3. The number of hydrogen-bond donors (Lipinski definition) is 0. The predicted molar refractivity (Wildman–Crippen MR) is 98.7 cm³/mol. The van der Waals surface area contributed by atoms with Gasteiger partial charge in [-0.15, -0.1) is 6.42 Å². The van der Waals surface area contributed by atoms with Gasteiger partial charge in [-0.3, -0.25) is 4.79 Å². The van der Waals surface area contributed by atoms with Crippen molar-refractivity contribution in [1.82, 2.24) is 0 Å². The second-order valence-corrected chi connectivity index (χ2v) is 6.97. The monoisotopic (exact) mass is 336 g/mol. The van der Waals surface area contributed by atoms with Gasteiger partial charge in [0.05, 0.1) is 6.42 Å². The summed E-state index contributed by atoms with van der Waals surface area (Å²) in [5, 5.41) is 0. The van der Waals surface area contributed by atoms with Crippen molar-refractivity contribution in [2.75, 3.05) is 0 Å². The van der Waals surface area contributed by atoms with E-state index in [-0.39, 0.29) is 24.3 Å². The lowest BCUT2D eigenvalue weighted by atomic mass is 10.0. The molecule has 1 saturated heterocycles. The lowest BCUT2D eigenvalue weighted by Gasteiger charge is -2.21. The van der Waals surface area contributed by atoms with Crippen LogP contribution in [0.4, 0.5) is 0 Å². The molecule has 0 aromatic heterocycles. The van der Waals surface area contributed by atoms with Gasteiger partial charge in [-0.2, -0.15) is 0 Å². The van der Waals surface area contributed by atoms with E-state index >= 15 is 0 Å². The average Bonchev–Trinajstić information content (AvgIpc) is 2.92. The second-order valence-electron chi connectivity index (χ2n) is 6.97. The number of unbranched alkanes of at least 4 members (excludes halogenated alkanes) is 8. The fraction of sp³-hybridized carbons (Fsp3) is 0.857. The number of terminal acetylenes is 1. The molecule has 0 aromatic rings. The van der Waals surface area contributed by atoms with Crippen molar-refractivity contribution >= 4 is 5.97 Å². The maximum Gasteiger partial charge on any atom is 0.308 e. The standard InChI is InChI=1S/C21H36O3/c1-4-7-9-11-13-15-18(6-3)23-20-17-21(22)24-19(20)16-14-12-10-8-5-2/h3,18-20H,4-5,7-17H2,1-2H3/t18?,19-,20-/m1/s1. The normalized spacial score (nSPS) is 21.5. The first-order valence-electron chi connectivity index (χ1n) is 10.0. The summed E-state index contributed by atoms with van der Waals surface area (Å²) in [7, 11) is 0. The SMILES string of the molecule is C#CC(CCCCCCC)O[C@@H]1CC(=O)O[C@@H]1CCCCCCC. The minimum Gasteiger partial charge on any atom is -0.460 e. The van der Waals surface area contributed by atoms with Gasteiger partial charge in [-0.05, 0) is 25.7 Å². The summed E-state index contributed by atoms with van der Waals surface area (Å²) in [5.41, 5.74) is 0. The van der Waals surface area contributed by atoms with E-state index in [4.69, 9.17) is 15.9 Å². The van der Waals surface area contributed by atoms with Crippen LogP contribution in [0.15, 0.2) is 0 Å². The first-order valence-corrected chi connectivity index (χ1v) is 10.0. The Bertz CT molecular complexity index is 372. The molecule has 1 rings (SSSR count). The zero-order valence-electron chi connectivity index (χ0n) is 15.7. The average molecular weight is 337 g/mol. The van der Waals surface area contributed by atoms with E-state index in [1.807, 2.05) is 0 Å². The van der Waals surface area contributed by atoms with E-state index in [2.05, 4.69) is 19.8 Å². The highest BCUT2D eigenvalue weighted by Gasteiger charge is 2.36. The molecule has 0 radical (unpaired) electrons. The number of rotatable bonds is 14. The first-order chi connectivity index (χ1) is 11.7. The Kier molecular flexibility index (Phi) is 11.7. The van der Waals surface area contributed by atoms with Crippen molar-refractivity contribution in [3.8, 4) is 12.3 Å². The molecule has 3 nitrogen and oxygen atoms in total. The quantitative estimate of drug-likeness (QED) is 0.242. The maximum absolute atomic E-state index is 11.6. The second kappa shape index (κ2) is 13.3. The number of ether oxygens (including phenoxy) is 2. The number of esters is 1. The molecule has 1 aliphatic rings. The highest BCUT2D eigenvalue weighted by molar-refractivity contribution is 5.72.